The first-order valence-corrected chi connectivity index (χ1v) is 4.37. The van der Waals surface area contributed by atoms with Gasteiger partial charge in [-0.1, -0.05) is 25.7 Å². The van der Waals surface area contributed by atoms with Crippen LogP contribution in [0.1, 0.15) is 32.1 Å². The van der Waals surface area contributed by atoms with E-state index < -0.39 is 0 Å². The molecule has 0 bridgehead atoms. The molecule has 56 valence electrons. The van der Waals surface area contributed by atoms with Gasteiger partial charge in [0.2, 0.25) is 0 Å². The van der Waals surface area contributed by atoms with Crippen molar-refractivity contribution in [3.8, 4) is 0 Å². The Hall–Kier alpha value is -0.330. The third kappa shape index (κ3) is 0.979. The zero-order valence-electron chi connectivity index (χ0n) is 6.25. The second-order valence-electron chi connectivity index (χ2n) is 3.74. The van der Waals surface area contributed by atoms with E-state index in [2.05, 4.69) is 0 Å². The summed E-state index contributed by atoms with van der Waals surface area (Å²) in [6.07, 6.45) is 7.97. The van der Waals surface area contributed by atoms with Gasteiger partial charge in [0, 0.05) is 5.92 Å². The Morgan fingerprint density at radius 3 is 2.40 bits per heavy atom. The lowest BCUT2D eigenvalue weighted by Crippen LogP contribution is -1.98. The summed E-state index contributed by atoms with van der Waals surface area (Å²) in [5.41, 5.74) is 0. The van der Waals surface area contributed by atoms with Crippen LogP contribution in [0.5, 0.6) is 0 Å². The Morgan fingerprint density at radius 1 is 1.20 bits per heavy atom. The second-order valence-corrected chi connectivity index (χ2v) is 3.74. The molecule has 0 saturated heterocycles. The number of carbonyl (C=O) groups excluding carboxylic acids is 1. The zero-order valence-corrected chi connectivity index (χ0v) is 6.25. The van der Waals surface area contributed by atoms with Gasteiger partial charge in [0.05, 0.1) is 0 Å². The van der Waals surface area contributed by atoms with Gasteiger partial charge in [-0.25, -0.2) is 0 Å². The molecule has 2 aliphatic carbocycles. The van der Waals surface area contributed by atoms with E-state index in [1.54, 1.807) is 0 Å². The molecular weight excluding hydrogens is 124 g/mol. The molecule has 1 heteroatoms. The highest BCUT2D eigenvalue weighted by atomic mass is 16.1. The third-order valence-electron chi connectivity index (χ3n) is 3.07. The fourth-order valence-corrected chi connectivity index (χ4v) is 2.32. The van der Waals surface area contributed by atoms with Gasteiger partial charge in [0.1, 0.15) is 6.29 Å². The van der Waals surface area contributed by atoms with Gasteiger partial charge in [-0.2, -0.15) is 0 Å². The molecule has 0 aliphatic heterocycles. The van der Waals surface area contributed by atoms with Crippen molar-refractivity contribution in [3.05, 3.63) is 0 Å². The predicted octanol–water partition coefficient (Wildman–Crippen LogP) is 2.01. The van der Waals surface area contributed by atoms with Crippen molar-refractivity contribution in [1.82, 2.24) is 0 Å². The van der Waals surface area contributed by atoms with E-state index in [0.29, 0.717) is 5.92 Å². The van der Waals surface area contributed by atoms with Crippen molar-refractivity contribution in [2.75, 3.05) is 0 Å². The minimum atomic E-state index is 0.461. The van der Waals surface area contributed by atoms with E-state index in [1.165, 1.54) is 32.1 Å². The van der Waals surface area contributed by atoms with Gasteiger partial charge in [-0.15, -0.1) is 0 Å². The molecule has 0 radical (unpaired) electrons. The first-order valence-electron chi connectivity index (χ1n) is 4.37. The minimum Gasteiger partial charge on any atom is -0.303 e. The number of hydrogen-bond acceptors (Lipinski definition) is 1. The van der Waals surface area contributed by atoms with Gasteiger partial charge in [-0.05, 0) is 18.3 Å². The van der Waals surface area contributed by atoms with Gasteiger partial charge in [-0.3, -0.25) is 0 Å². The molecule has 0 aromatic rings. The Kier molecular flexibility index (Phi) is 1.51. The van der Waals surface area contributed by atoms with Crippen molar-refractivity contribution >= 4 is 6.29 Å². The van der Waals surface area contributed by atoms with Crippen molar-refractivity contribution in [2.45, 2.75) is 32.1 Å². The highest BCUT2D eigenvalue weighted by Gasteiger charge is 2.43. The van der Waals surface area contributed by atoms with Crippen LogP contribution in [0, 0.1) is 17.8 Å². The van der Waals surface area contributed by atoms with Crippen LogP contribution in [-0.2, 0) is 4.79 Å². The average Bonchev–Trinajstić information content (AvgIpc) is 2.56. The molecule has 10 heavy (non-hydrogen) atoms. The highest BCUT2D eigenvalue weighted by molar-refractivity contribution is 5.58. The first kappa shape index (κ1) is 6.38. The lowest BCUT2D eigenvalue weighted by molar-refractivity contribution is -0.109. The maximum atomic E-state index is 10.3. The molecule has 0 spiro atoms. The van der Waals surface area contributed by atoms with E-state index in [1.807, 2.05) is 0 Å². The number of rotatable bonds is 2. The lowest BCUT2D eigenvalue weighted by Gasteiger charge is -2.04. The average molecular weight is 138 g/mol. The molecule has 1 nitrogen and oxygen atoms in total. The fraction of sp³-hybridized carbons (Fsp3) is 0.889. The number of aldehydes is 1. The quantitative estimate of drug-likeness (QED) is 0.533. The Balaban J connectivity index is 1.84. The maximum absolute atomic E-state index is 10.3. The summed E-state index contributed by atoms with van der Waals surface area (Å²) in [7, 11) is 0. The molecule has 0 N–H and O–H groups in total. The van der Waals surface area contributed by atoms with Gasteiger partial charge < -0.3 is 4.79 Å². The fourth-order valence-electron chi connectivity index (χ4n) is 2.32. The molecular formula is C9H14O. The van der Waals surface area contributed by atoms with Crippen LogP contribution in [0.25, 0.3) is 0 Å². The summed E-state index contributed by atoms with van der Waals surface area (Å²) in [5, 5.41) is 0. The molecule has 2 fully saturated rings. The SMILES string of the molecule is O=C[C@@H]1C[C@H]1C1CCCC1. The van der Waals surface area contributed by atoms with Crippen LogP contribution in [-0.4, -0.2) is 6.29 Å². The molecule has 0 unspecified atom stereocenters. The first-order chi connectivity index (χ1) is 4.92. The normalized spacial score (nSPS) is 40.0. The van der Waals surface area contributed by atoms with Crippen molar-refractivity contribution in [2.24, 2.45) is 17.8 Å². The van der Waals surface area contributed by atoms with Gasteiger partial charge >= 0.3 is 0 Å². The summed E-state index contributed by atoms with van der Waals surface area (Å²) in [4.78, 5) is 10.3. The standard InChI is InChI=1S/C9H14O/c10-6-8-5-9(8)7-3-1-2-4-7/h6-9H,1-5H2/t8-,9-/m0/s1. The van der Waals surface area contributed by atoms with Crippen molar-refractivity contribution in [1.29, 1.82) is 0 Å². The largest absolute Gasteiger partial charge is 0.303 e. The summed E-state index contributed by atoms with van der Waals surface area (Å²) < 4.78 is 0. The van der Waals surface area contributed by atoms with E-state index >= 15 is 0 Å². The Bertz CT molecular complexity index is 136. The molecule has 0 aromatic heterocycles. The van der Waals surface area contributed by atoms with Crippen LogP contribution < -0.4 is 0 Å². The lowest BCUT2D eigenvalue weighted by atomic mass is 10.0. The minimum absolute atomic E-state index is 0.461. The topological polar surface area (TPSA) is 17.1 Å². The zero-order chi connectivity index (χ0) is 6.97. The third-order valence-corrected chi connectivity index (χ3v) is 3.07. The van der Waals surface area contributed by atoms with Crippen molar-refractivity contribution < 1.29 is 4.79 Å². The van der Waals surface area contributed by atoms with Crippen LogP contribution >= 0.6 is 0 Å². The van der Waals surface area contributed by atoms with E-state index in [-0.39, 0.29) is 0 Å². The summed E-state index contributed by atoms with van der Waals surface area (Å²) >= 11 is 0. The number of hydrogen-bond donors (Lipinski definition) is 0. The molecule has 0 heterocycles. The number of carbonyl (C=O) groups is 1. The summed E-state index contributed by atoms with van der Waals surface area (Å²) in [6, 6.07) is 0. The molecule has 2 atom stereocenters. The predicted molar refractivity (Wildman–Crippen MR) is 39.6 cm³/mol. The molecule has 2 saturated carbocycles. The summed E-state index contributed by atoms with van der Waals surface area (Å²) in [6.45, 7) is 0. The smallest absolute Gasteiger partial charge is 0.123 e. The van der Waals surface area contributed by atoms with Gasteiger partial charge in [0.15, 0.2) is 0 Å². The van der Waals surface area contributed by atoms with E-state index in [0.717, 1.165) is 18.1 Å². The molecule has 0 aromatic carbocycles. The Morgan fingerprint density at radius 2 is 1.90 bits per heavy atom. The molecule has 2 aliphatic rings. The second kappa shape index (κ2) is 2.37. The van der Waals surface area contributed by atoms with Crippen LogP contribution in [0.2, 0.25) is 0 Å². The van der Waals surface area contributed by atoms with Crippen LogP contribution in [0.15, 0.2) is 0 Å². The molecule has 2 rings (SSSR count). The van der Waals surface area contributed by atoms with Gasteiger partial charge in [0.25, 0.3) is 0 Å². The summed E-state index contributed by atoms with van der Waals surface area (Å²) in [5.74, 6) is 2.19. The van der Waals surface area contributed by atoms with E-state index in [4.69, 9.17) is 0 Å². The monoisotopic (exact) mass is 138 g/mol. The molecule has 0 amide bonds. The van der Waals surface area contributed by atoms with E-state index in [9.17, 15) is 4.79 Å². The highest BCUT2D eigenvalue weighted by Crippen LogP contribution is 2.48. The Labute approximate surface area is 61.8 Å². The van der Waals surface area contributed by atoms with Crippen molar-refractivity contribution in [3.63, 3.8) is 0 Å². The van der Waals surface area contributed by atoms with Crippen LogP contribution in [0.4, 0.5) is 0 Å². The van der Waals surface area contributed by atoms with Crippen LogP contribution in [0.3, 0.4) is 0 Å². The maximum Gasteiger partial charge on any atom is 0.123 e.